The van der Waals surface area contributed by atoms with Gasteiger partial charge in [-0.3, -0.25) is 0 Å². The lowest BCUT2D eigenvalue weighted by molar-refractivity contribution is 1.12. The molecule has 40 heavy (non-hydrogen) atoms. The molecule has 0 amide bonds. The SMILES string of the molecule is c1ccc(-n2ccc3ccc4c5ccccc5n(-c5ccc6c7ccccc7c7ccccc7c6c5)c4c32)cc1. The molecule has 2 aromatic heterocycles. The number of hydrogen-bond donors (Lipinski definition) is 0. The summed E-state index contributed by atoms with van der Waals surface area (Å²) in [6.07, 6.45) is 2.20. The molecule has 7 aromatic carbocycles. The van der Waals surface area contributed by atoms with Gasteiger partial charge in [-0.15, -0.1) is 0 Å². The third kappa shape index (κ3) is 2.88. The van der Waals surface area contributed by atoms with E-state index in [1.807, 2.05) is 0 Å². The van der Waals surface area contributed by atoms with Crippen LogP contribution in [0.1, 0.15) is 0 Å². The summed E-state index contributed by atoms with van der Waals surface area (Å²) in [5.41, 5.74) is 6.01. The second-order valence-corrected chi connectivity index (χ2v) is 10.6. The molecule has 9 rings (SSSR count). The first-order chi connectivity index (χ1) is 19.9. The summed E-state index contributed by atoms with van der Waals surface area (Å²) in [5, 5.41) is 11.5. The molecule has 2 nitrogen and oxygen atoms in total. The van der Waals surface area contributed by atoms with Crippen molar-refractivity contribution in [3.05, 3.63) is 146 Å². The molecule has 9 aromatic rings. The lowest BCUT2D eigenvalue weighted by Crippen LogP contribution is -1.98. The molecule has 186 valence electrons. The third-order valence-corrected chi connectivity index (χ3v) is 8.51. The predicted octanol–water partition coefficient (Wildman–Crippen LogP) is 10.2. The molecule has 0 aliphatic carbocycles. The van der Waals surface area contributed by atoms with Gasteiger partial charge in [0.15, 0.2) is 0 Å². The van der Waals surface area contributed by atoms with Gasteiger partial charge < -0.3 is 9.13 Å². The van der Waals surface area contributed by atoms with E-state index in [2.05, 4.69) is 155 Å². The van der Waals surface area contributed by atoms with E-state index < -0.39 is 0 Å². The smallest absolute Gasteiger partial charge is 0.0788 e. The van der Waals surface area contributed by atoms with Gasteiger partial charge in [0, 0.05) is 33.7 Å². The summed E-state index contributed by atoms with van der Waals surface area (Å²) in [6, 6.07) is 50.8. The maximum absolute atomic E-state index is 2.47. The van der Waals surface area contributed by atoms with Gasteiger partial charge in [0.25, 0.3) is 0 Å². The Morgan fingerprint density at radius 1 is 0.350 bits per heavy atom. The highest BCUT2D eigenvalue weighted by Gasteiger charge is 2.18. The maximum atomic E-state index is 2.47. The van der Waals surface area contributed by atoms with E-state index in [1.54, 1.807) is 0 Å². The van der Waals surface area contributed by atoms with E-state index in [4.69, 9.17) is 0 Å². The Hall–Kier alpha value is -5.34. The molecule has 0 fully saturated rings. The molecule has 0 saturated heterocycles. The zero-order valence-corrected chi connectivity index (χ0v) is 21.8. The highest BCUT2D eigenvalue weighted by Crippen LogP contribution is 2.40. The van der Waals surface area contributed by atoms with Crippen LogP contribution in [0.3, 0.4) is 0 Å². The van der Waals surface area contributed by atoms with Crippen LogP contribution in [0, 0.1) is 0 Å². The van der Waals surface area contributed by atoms with Crippen LogP contribution in [-0.2, 0) is 0 Å². The van der Waals surface area contributed by atoms with Crippen LogP contribution in [-0.4, -0.2) is 9.13 Å². The first kappa shape index (κ1) is 21.6. The molecule has 0 aliphatic heterocycles. The molecular weight excluding hydrogens is 484 g/mol. The average molecular weight is 509 g/mol. The van der Waals surface area contributed by atoms with Crippen molar-refractivity contribution in [3.8, 4) is 11.4 Å². The van der Waals surface area contributed by atoms with Crippen LogP contribution in [0.5, 0.6) is 0 Å². The fraction of sp³-hybridized carbons (Fsp3) is 0. The monoisotopic (exact) mass is 508 g/mol. The summed E-state index contributed by atoms with van der Waals surface area (Å²) < 4.78 is 4.80. The van der Waals surface area contributed by atoms with E-state index in [-0.39, 0.29) is 0 Å². The van der Waals surface area contributed by atoms with Crippen molar-refractivity contribution < 1.29 is 0 Å². The number of para-hydroxylation sites is 2. The Morgan fingerprint density at radius 2 is 0.925 bits per heavy atom. The average Bonchev–Trinajstić information content (AvgIpc) is 3.61. The Balaban J connectivity index is 1.46. The van der Waals surface area contributed by atoms with E-state index in [9.17, 15) is 0 Å². The molecule has 0 bridgehead atoms. The van der Waals surface area contributed by atoms with Crippen LogP contribution >= 0.6 is 0 Å². The van der Waals surface area contributed by atoms with Crippen LogP contribution in [0.2, 0.25) is 0 Å². The largest absolute Gasteiger partial charge is 0.315 e. The van der Waals surface area contributed by atoms with Crippen molar-refractivity contribution in [3.63, 3.8) is 0 Å². The topological polar surface area (TPSA) is 9.86 Å². The third-order valence-electron chi connectivity index (χ3n) is 8.51. The van der Waals surface area contributed by atoms with Crippen molar-refractivity contribution in [2.45, 2.75) is 0 Å². The van der Waals surface area contributed by atoms with Gasteiger partial charge in [-0.05, 0) is 68.7 Å². The minimum absolute atomic E-state index is 1.16. The van der Waals surface area contributed by atoms with Crippen molar-refractivity contribution >= 4 is 65.0 Å². The fourth-order valence-corrected chi connectivity index (χ4v) is 6.78. The van der Waals surface area contributed by atoms with Gasteiger partial charge >= 0.3 is 0 Å². The number of fused-ring (bicyclic) bond motifs is 11. The van der Waals surface area contributed by atoms with Gasteiger partial charge in [0.05, 0.1) is 16.6 Å². The van der Waals surface area contributed by atoms with E-state index >= 15 is 0 Å². The quantitative estimate of drug-likeness (QED) is 0.206. The number of aromatic nitrogens is 2. The Bertz CT molecular complexity index is 2390. The van der Waals surface area contributed by atoms with Gasteiger partial charge in [-0.2, -0.15) is 0 Å². The molecular formula is C38H24N2. The Kier molecular flexibility index (Phi) is 4.36. The van der Waals surface area contributed by atoms with Crippen LogP contribution in [0.15, 0.2) is 146 Å². The number of nitrogens with zero attached hydrogens (tertiary/aromatic N) is 2. The first-order valence-corrected chi connectivity index (χ1v) is 13.8. The highest BCUT2D eigenvalue weighted by molar-refractivity contribution is 6.26. The van der Waals surface area contributed by atoms with E-state index in [1.165, 1.54) is 70.7 Å². The van der Waals surface area contributed by atoms with Crippen molar-refractivity contribution in [1.82, 2.24) is 9.13 Å². The summed E-state index contributed by atoms with van der Waals surface area (Å²) in [5.74, 6) is 0. The van der Waals surface area contributed by atoms with Crippen molar-refractivity contribution in [2.75, 3.05) is 0 Å². The normalized spacial score (nSPS) is 12.0. The number of hydrogen-bond acceptors (Lipinski definition) is 0. The highest BCUT2D eigenvalue weighted by atomic mass is 15.0. The molecule has 0 saturated carbocycles. The molecule has 0 N–H and O–H groups in total. The summed E-state index contributed by atoms with van der Waals surface area (Å²) in [7, 11) is 0. The number of rotatable bonds is 2. The molecule has 0 radical (unpaired) electrons. The molecule has 2 heteroatoms. The van der Waals surface area contributed by atoms with Crippen LogP contribution < -0.4 is 0 Å². The molecule has 2 heterocycles. The second kappa shape index (κ2) is 8.08. The lowest BCUT2D eigenvalue weighted by Gasteiger charge is -2.15. The minimum Gasteiger partial charge on any atom is -0.315 e. The first-order valence-electron chi connectivity index (χ1n) is 13.8. The lowest BCUT2D eigenvalue weighted by atomic mass is 9.94. The second-order valence-electron chi connectivity index (χ2n) is 10.6. The maximum Gasteiger partial charge on any atom is 0.0788 e. The van der Waals surface area contributed by atoms with Crippen LogP contribution in [0.25, 0.3) is 76.4 Å². The van der Waals surface area contributed by atoms with Gasteiger partial charge in [0.2, 0.25) is 0 Å². The standard InChI is InChI=1S/C38H24N2/c1-2-10-26(11-3-1)39-23-22-25-18-20-34-33-16-8-9-17-36(33)40(38(34)37(25)39)27-19-21-32-30-14-5-4-12-28(30)29-13-6-7-15-31(29)35(32)24-27/h1-24H. The van der Waals surface area contributed by atoms with E-state index in [0.717, 1.165) is 5.69 Å². The van der Waals surface area contributed by atoms with E-state index in [0.29, 0.717) is 0 Å². The Labute approximate surface area is 230 Å². The Morgan fingerprint density at radius 3 is 1.65 bits per heavy atom. The molecule has 0 aliphatic rings. The zero-order chi connectivity index (χ0) is 26.2. The zero-order valence-electron chi connectivity index (χ0n) is 21.8. The summed E-state index contributed by atoms with van der Waals surface area (Å²) in [4.78, 5) is 0. The predicted molar refractivity (Wildman–Crippen MR) is 170 cm³/mol. The van der Waals surface area contributed by atoms with Gasteiger partial charge in [-0.25, -0.2) is 0 Å². The molecule has 0 spiro atoms. The van der Waals surface area contributed by atoms with Gasteiger partial charge in [-0.1, -0.05) is 103 Å². The molecule has 0 unspecified atom stereocenters. The number of benzene rings is 7. The summed E-state index contributed by atoms with van der Waals surface area (Å²) in [6.45, 7) is 0. The van der Waals surface area contributed by atoms with Crippen LogP contribution in [0.4, 0.5) is 0 Å². The minimum atomic E-state index is 1.16. The fourth-order valence-electron chi connectivity index (χ4n) is 6.78. The molecule has 0 atom stereocenters. The van der Waals surface area contributed by atoms with Crippen molar-refractivity contribution in [2.24, 2.45) is 0 Å². The summed E-state index contributed by atoms with van der Waals surface area (Å²) >= 11 is 0. The van der Waals surface area contributed by atoms with Crippen molar-refractivity contribution in [1.29, 1.82) is 0 Å². The van der Waals surface area contributed by atoms with Gasteiger partial charge in [0.1, 0.15) is 0 Å².